The Labute approximate surface area is 201 Å². The van der Waals surface area contributed by atoms with Gasteiger partial charge in [-0.05, 0) is 41.8 Å². The van der Waals surface area contributed by atoms with Gasteiger partial charge in [0.05, 0.1) is 24.8 Å². The number of methoxy groups -OCH3 is 1. The van der Waals surface area contributed by atoms with E-state index in [0.717, 1.165) is 5.56 Å². The van der Waals surface area contributed by atoms with Gasteiger partial charge in [0.1, 0.15) is 40.9 Å². The number of hydrogen-bond donors (Lipinski definition) is 2. The lowest BCUT2D eigenvalue weighted by molar-refractivity contribution is 0.0600. The number of anilines is 1. The number of pyridine rings is 1. The van der Waals surface area contributed by atoms with Crippen LogP contribution < -0.4 is 10.5 Å². The number of nitrogens with zero attached hydrogens (tertiary/aromatic N) is 3. The fourth-order valence-electron chi connectivity index (χ4n) is 3.31. The Morgan fingerprint density at radius 3 is 2.53 bits per heavy atom. The molecule has 1 heterocycles. The van der Waals surface area contributed by atoms with Gasteiger partial charge in [0.25, 0.3) is 0 Å². The number of ether oxygens (including phenoxy) is 2. The van der Waals surface area contributed by atoms with E-state index in [0.29, 0.717) is 39.6 Å². The summed E-state index contributed by atoms with van der Waals surface area (Å²) in [4.78, 5) is 16.1. The maximum Gasteiger partial charge on any atom is 0.337 e. The minimum absolute atomic E-state index is 0.0484. The van der Waals surface area contributed by atoms with Gasteiger partial charge in [-0.15, -0.1) is 11.8 Å². The zero-order chi connectivity index (χ0) is 24.5. The van der Waals surface area contributed by atoms with E-state index in [2.05, 4.69) is 17.1 Å². The first-order valence-electron chi connectivity index (χ1n) is 10.3. The van der Waals surface area contributed by atoms with Gasteiger partial charge in [-0.3, -0.25) is 0 Å². The Bertz CT molecular complexity index is 1260. The Balaban J connectivity index is 1.88. The van der Waals surface area contributed by atoms with Crippen LogP contribution in [-0.4, -0.2) is 42.1 Å². The number of aromatic nitrogens is 1. The van der Waals surface area contributed by atoms with Crippen molar-refractivity contribution in [3.63, 3.8) is 0 Å². The Kier molecular flexibility index (Phi) is 8.47. The van der Waals surface area contributed by atoms with Crippen LogP contribution in [0.3, 0.4) is 0 Å². The van der Waals surface area contributed by atoms with E-state index in [-0.39, 0.29) is 30.2 Å². The van der Waals surface area contributed by atoms with Crippen molar-refractivity contribution in [2.24, 2.45) is 0 Å². The highest BCUT2D eigenvalue weighted by Gasteiger charge is 2.20. The van der Waals surface area contributed by atoms with Gasteiger partial charge >= 0.3 is 5.97 Å². The number of nitriles is 2. The number of aryl methyl sites for hydroxylation is 1. The smallest absolute Gasteiger partial charge is 0.337 e. The summed E-state index contributed by atoms with van der Waals surface area (Å²) in [6.07, 6.45) is 0.619. The van der Waals surface area contributed by atoms with Crippen LogP contribution in [-0.2, 0) is 11.2 Å². The van der Waals surface area contributed by atoms with Crippen molar-refractivity contribution >= 4 is 23.5 Å². The van der Waals surface area contributed by atoms with Crippen LogP contribution in [0.4, 0.5) is 5.82 Å². The van der Waals surface area contributed by atoms with Gasteiger partial charge in [0.2, 0.25) is 0 Å². The quantitative estimate of drug-likeness (QED) is 0.351. The molecule has 172 valence electrons. The highest BCUT2D eigenvalue weighted by Crippen LogP contribution is 2.36. The molecule has 1 aromatic heterocycles. The molecule has 0 spiro atoms. The summed E-state index contributed by atoms with van der Waals surface area (Å²) in [6.45, 7) is 0.0606. The van der Waals surface area contributed by atoms with Gasteiger partial charge in [0, 0.05) is 11.3 Å². The topological polar surface area (TPSA) is 142 Å². The molecule has 0 aliphatic carbocycles. The predicted octanol–water partition coefficient (Wildman–Crippen LogP) is 3.57. The lowest BCUT2D eigenvalue weighted by Crippen LogP contribution is -2.04. The number of nitrogens with two attached hydrogens (primary N) is 1. The summed E-state index contributed by atoms with van der Waals surface area (Å²) in [6, 6.07) is 18.3. The molecule has 34 heavy (non-hydrogen) atoms. The highest BCUT2D eigenvalue weighted by molar-refractivity contribution is 7.99. The molecular formula is C25H22N4O4S. The molecule has 0 saturated heterocycles. The Hall–Kier alpha value is -4.05. The van der Waals surface area contributed by atoms with E-state index in [1.54, 1.807) is 42.5 Å². The third-order valence-electron chi connectivity index (χ3n) is 4.90. The molecule has 0 amide bonds. The molecule has 3 N–H and O–H groups in total. The van der Waals surface area contributed by atoms with Crippen LogP contribution in [0, 0.1) is 22.7 Å². The standard InChI is InChI=1S/C25H22N4O4S/c1-32-25(31)18-4-2-3-16(13-18)9-12-34-24-21(15-27)22(20(14-26)23(28)29-24)17-5-7-19(8-6-17)33-11-10-30/h2-8,13,30H,9-12H2,1H3,(H2,28,29). The number of carbonyl (C=O) groups excluding carboxylic acids is 1. The van der Waals surface area contributed by atoms with Gasteiger partial charge in [-0.2, -0.15) is 10.5 Å². The first-order chi connectivity index (χ1) is 16.5. The summed E-state index contributed by atoms with van der Waals surface area (Å²) in [5.74, 6) is 0.776. The van der Waals surface area contributed by atoms with E-state index in [4.69, 9.17) is 20.3 Å². The van der Waals surface area contributed by atoms with E-state index in [9.17, 15) is 15.3 Å². The number of thioether (sulfide) groups is 1. The van der Waals surface area contributed by atoms with Gasteiger partial charge < -0.3 is 20.3 Å². The molecule has 0 fully saturated rings. The predicted molar refractivity (Wildman–Crippen MR) is 128 cm³/mol. The van der Waals surface area contributed by atoms with Gasteiger partial charge in [0.15, 0.2) is 0 Å². The maximum atomic E-state index is 11.8. The summed E-state index contributed by atoms with van der Waals surface area (Å²) in [7, 11) is 1.34. The molecule has 8 nitrogen and oxygen atoms in total. The van der Waals surface area contributed by atoms with Crippen molar-refractivity contribution < 1.29 is 19.4 Å². The third-order valence-corrected chi connectivity index (χ3v) is 5.87. The van der Waals surface area contributed by atoms with Crippen molar-refractivity contribution in [3.05, 3.63) is 70.8 Å². The number of benzene rings is 2. The molecule has 0 bridgehead atoms. The molecule has 0 aliphatic heterocycles. The largest absolute Gasteiger partial charge is 0.491 e. The third kappa shape index (κ3) is 5.65. The molecule has 0 radical (unpaired) electrons. The lowest BCUT2D eigenvalue weighted by atomic mass is 9.97. The average molecular weight is 475 g/mol. The van der Waals surface area contributed by atoms with Crippen molar-refractivity contribution in [2.75, 3.05) is 31.8 Å². The Morgan fingerprint density at radius 1 is 1.15 bits per heavy atom. The van der Waals surface area contributed by atoms with Crippen molar-refractivity contribution in [1.82, 2.24) is 4.98 Å². The number of aliphatic hydroxyl groups excluding tert-OH is 1. The van der Waals surface area contributed by atoms with Crippen molar-refractivity contribution in [3.8, 4) is 29.0 Å². The van der Waals surface area contributed by atoms with Crippen LogP contribution in [0.1, 0.15) is 27.0 Å². The van der Waals surface area contributed by atoms with Crippen molar-refractivity contribution in [2.45, 2.75) is 11.4 Å². The molecule has 0 aliphatic rings. The van der Waals surface area contributed by atoms with Gasteiger partial charge in [-0.25, -0.2) is 9.78 Å². The molecule has 2 aromatic carbocycles. The fourth-order valence-corrected chi connectivity index (χ4v) is 4.30. The molecule has 0 saturated carbocycles. The second-order valence-corrected chi connectivity index (χ2v) is 8.12. The first kappa shape index (κ1) is 24.6. The maximum absolute atomic E-state index is 11.8. The number of rotatable bonds is 9. The monoisotopic (exact) mass is 474 g/mol. The van der Waals surface area contributed by atoms with Crippen LogP contribution in [0.15, 0.2) is 53.6 Å². The molecule has 0 atom stereocenters. The van der Waals surface area contributed by atoms with Crippen LogP contribution in [0.2, 0.25) is 0 Å². The second kappa shape index (κ2) is 11.7. The molecule has 3 aromatic rings. The molecule has 9 heteroatoms. The average Bonchev–Trinajstić information content (AvgIpc) is 2.87. The van der Waals surface area contributed by atoms with E-state index in [1.165, 1.54) is 18.9 Å². The van der Waals surface area contributed by atoms with Crippen LogP contribution in [0.5, 0.6) is 5.75 Å². The Morgan fingerprint density at radius 2 is 1.88 bits per heavy atom. The van der Waals surface area contributed by atoms with E-state index >= 15 is 0 Å². The molecule has 0 unspecified atom stereocenters. The zero-order valence-electron chi connectivity index (χ0n) is 18.4. The normalized spacial score (nSPS) is 10.2. The number of aliphatic hydroxyl groups is 1. The number of hydrogen-bond acceptors (Lipinski definition) is 9. The summed E-state index contributed by atoms with van der Waals surface area (Å²) in [5.41, 5.74) is 8.94. The fraction of sp³-hybridized carbons (Fsp3) is 0.200. The molecule has 3 rings (SSSR count). The lowest BCUT2D eigenvalue weighted by Gasteiger charge is -2.13. The van der Waals surface area contributed by atoms with E-state index < -0.39 is 5.97 Å². The van der Waals surface area contributed by atoms with Crippen LogP contribution in [0.25, 0.3) is 11.1 Å². The van der Waals surface area contributed by atoms with Crippen molar-refractivity contribution in [1.29, 1.82) is 10.5 Å². The number of carbonyl (C=O) groups is 1. The molecular weight excluding hydrogens is 452 g/mol. The minimum atomic E-state index is -0.403. The first-order valence-corrected chi connectivity index (χ1v) is 11.3. The second-order valence-electron chi connectivity index (χ2n) is 7.04. The zero-order valence-corrected chi connectivity index (χ0v) is 19.3. The number of nitrogen functional groups attached to an aromatic ring is 1. The van der Waals surface area contributed by atoms with Crippen LogP contribution >= 0.6 is 11.8 Å². The summed E-state index contributed by atoms with van der Waals surface area (Å²) < 4.78 is 10.1. The summed E-state index contributed by atoms with van der Waals surface area (Å²) in [5, 5.41) is 28.9. The van der Waals surface area contributed by atoms with Gasteiger partial charge in [-0.1, -0.05) is 24.3 Å². The van der Waals surface area contributed by atoms with E-state index in [1.807, 2.05) is 6.07 Å². The minimum Gasteiger partial charge on any atom is -0.491 e. The summed E-state index contributed by atoms with van der Waals surface area (Å²) >= 11 is 1.35. The highest BCUT2D eigenvalue weighted by atomic mass is 32.2. The SMILES string of the molecule is COC(=O)c1cccc(CCSc2nc(N)c(C#N)c(-c3ccc(OCCO)cc3)c2C#N)c1. The number of esters is 1.